The summed E-state index contributed by atoms with van der Waals surface area (Å²) in [6.45, 7) is 3.27. The second-order valence-corrected chi connectivity index (χ2v) is 0.896. The average Bonchev–Trinajstić information content (AvgIpc) is 1.81. The molecule has 0 radical (unpaired) electrons. The van der Waals surface area contributed by atoms with Crippen LogP contribution < -0.4 is 5.43 Å². The first-order chi connectivity index (χ1) is 3.91. The lowest BCUT2D eigenvalue weighted by atomic mass is 10.7. The number of rotatable bonds is 3. The Morgan fingerprint density at radius 3 is 3.00 bits per heavy atom. The van der Waals surface area contributed by atoms with Gasteiger partial charge in [-0.05, 0) is 6.08 Å². The summed E-state index contributed by atoms with van der Waals surface area (Å²) < 4.78 is 0. The summed E-state index contributed by atoms with van der Waals surface area (Å²) in [4.78, 5) is 9.49. The average molecular weight is 110 g/mol. The fourth-order valence-electron chi connectivity index (χ4n) is 0.163. The number of allylic oxidation sites excluding steroid dienone is 1. The number of carbonyl (C=O) groups is 1. The van der Waals surface area contributed by atoms with E-state index in [9.17, 15) is 4.79 Å². The summed E-state index contributed by atoms with van der Waals surface area (Å²) in [6, 6.07) is 0. The predicted octanol–water partition coefficient (Wildman–Crippen LogP) is 0.0593. The maximum Gasteiger partial charge on any atom is 0.227 e. The van der Waals surface area contributed by atoms with Gasteiger partial charge in [0.15, 0.2) is 0 Å². The van der Waals surface area contributed by atoms with Crippen LogP contribution in [0.25, 0.3) is 0 Å². The van der Waals surface area contributed by atoms with Crippen LogP contribution in [0.4, 0.5) is 0 Å². The van der Waals surface area contributed by atoms with Crippen molar-refractivity contribution in [2.75, 3.05) is 0 Å². The first kappa shape index (κ1) is 6.66. The highest BCUT2D eigenvalue weighted by Crippen LogP contribution is 1.54. The molecule has 0 saturated heterocycles. The van der Waals surface area contributed by atoms with E-state index < -0.39 is 0 Å². The van der Waals surface area contributed by atoms with Crippen LogP contribution >= 0.6 is 0 Å². The Bertz CT molecular complexity index is 133. The number of nitrogens with zero attached hydrogens (tertiary/aromatic N) is 1. The smallest absolute Gasteiger partial charge is 0.227 e. The molecule has 0 aliphatic heterocycles. The van der Waals surface area contributed by atoms with Gasteiger partial charge in [-0.3, -0.25) is 4.79 Å². The number of nitrogens with one attached hydrogen (secondary N) is 1. The van der Waals surface area contributed by atoms with Crippen LogP contribution in [0.1, 0.15) is 0 Å². The van der Waals surface area contributed by atoms with Crippen molar-refractivity contribution in [1.29, 1.82) is 0 Å². The second kappa shape index (κ2) is 5.66. The summed E-state index contributed by atoms with van der Waals surface area (Å²) in [5.41, 5.74) is 4.52. The molecule has 0 unspecified atom stereocenters. The lowest BCUT2D eigenvalue weighted by Gasteiger charge is -1.75. The molecule has 3 nitrogen and oxygen atoms in total. The Morgan fingerprint density at radius 2 is 2.50 bits per heavy atom. The van der Waals surface area contributed by atoms with Crippen LogP contribution in [0.15, 0.2) is 23.5 Å². The van der Waals surface area contributed by atoms with Crippen LogP contribution in [-0.4, -0.2) is 12.6 Å². The van der Waals surface area contributed by atoms with E-state index in [2.05, 4.69) is 22.8 Å². The Morgan fingerprint density at radius 1 is 1.75 bits per heavy atom. The van der Waals surface area contributed by atoms with E-state index >= 15 is 0 Å². The molecule has 0 saturated carbocycles. The third kappa shape index (κ3) is 4.66. The van der Waals surface area contributed by atoms with Crippen LogP contribution in [0.3, 0.4) is 0 Å². The van der Waals surface area contributed by atoms with Crippen molar-refractivity contribution < 1.29 is 4.79 Å². The normalized spacial score (nSPS) is 8.00. The Kier molecular flexibility index (Phi) is 4.71. The van der Waals surface area contributed by atoms with Gasteiger partial charge in [-0.25, -0.2) is 5.43 Å². The lowest BCUT2D eigenvalue weighted by Crippen LogP contribution is -1.98. The minimum absolute atomic E-state index is 0.480. The SMILES string of the molecule is C=C=CC=NNC=O. The molecule has 0 heterocycles. The molecule has 0 aromatic rings. The Hall–Kier alpha value is -1.34. The molecular formula is C5H6N2O. The second-order valence-electron chi connectivity index (χ2n) is 0.896. The molecule has 0 atom stereocenters. The van der Waals surface area contributed by atoms with E-state index in [0.717, 1.165) is 0 Å². The Labute approximate surface area is 47.4 Å². The number of amides is 1. The molecule has 1 N–H and O–H groups in total. The summed E-state index contributed by atoms with van der Waals surface area (Å²) >= 11 is 0. The minimum atomic E-state index is 0.480. The zero-order valence-corrected chi connectivity index (χ0v) is 4.29. The van der Waals surface area contributed by atoms with E-state index in [1.165, 1.54) is 12.3 Å². The molecule has 0 rings (SSSR count). The highest BCUT2D eigenvalue weighted by atomic mass is 16.1. The fraction of sp³-hybridized carbons (Fsp3) is 0. The third-order valence-corrected chi connectivity index (χ3v) is 0.394. The number of carbonyl (C=O) groups excluding carboxylic acids is 1. The first-order valence-electron chi connectivity index (χ1n) is 1.98. The summed E-state index contributed by atoms with van der Waals surface area (Å²) in [5.74, 6) is 0. The fourth-order valence-corrected chi connectivity index (χ4v) is 0.163. The third-order valence-electron chi connectivity index (χ3n) is 0.394. The van der Waals surface area contributed by atoms with Gasteiger partial charge < -0.3 is 0 Å². The van der Waals surface area contributed by atoms with Crippen molar-refractivity contribution in [3.63, 3.8) is 0 Å². The summed E-state index contributed by atoms with van der Waals surface area (Å²) in [6.07, 6.45) is 3.34. The van der Waals surface area contributed by atoms with Gasteiger partial charge in [0.05, 0.1) is 6.21 Å². The predicted molar refractivity (Wildman–Crippen MR) is 31.4 cm³/mol. The van der Waals surface area contributed by atoms with E-state index in [-0.39, 0.29) is 0 Å². The topological polar surface area (TPSA) is 41.5 Å². The highest BCUT2D eigenvalue weighted by Gasteiger charge is 1.59. The zero-order chi connectivity index (χ0) is 6.24. The van der Waals surface area contributed by atoms with Crippen molar-refractivity contribution in [3.05, 3.63) is 18.4 Å². The molecule has 0 aliphatic carbocycles. The lowest BCUT2D eigenvalue weighted by molar-refractivity contribution is -0.109. The van der Waals surface area contributed by atoms with Gasteiger partial charge in [-0.2, -0.15) is 5.10 Å². The summed E-state index contributed by atoms with van der Waals surface area (Å²) in [5, 5.41) is 3.38. The molecule has 0 fully saturated rings. The van der Waals surface area contributed by atoms with Gasteiger partial charge in [-0.1, -0.05) is 6.58 Å². The van der Waals surface area contributed by atoms with Crippen LogP contribution in [0, 0.1) is 0 Å². The molecule has 0 aromatic carbocycles. The summed E-state index contributed by atoms with van der Waals surface area (Å²) in [7, 11) is 0. The van der Waals surface area contributed by atoms with Crippen molar-refractivity contribution >= 4 is 12.6 Å². The molecule has 0 aliphatic rings. The van der Waals surface area contributed by atoms with Crippen molar-refractivity contribution in [3.8, 4) is 0 Å². The van der Waals surface area contributed by atoms with Crippen molar-refractivity contribution in [1.82, 2.24) is 5.43 Å². The van der Waals surface area contributed by atoms with Crippen LogP contribution in [0.2, 0.25) is 0 Å². The molecule has 0 bridgehead atoms. The van der Waals surface area contributed by atoms with Gasteiger partial charge >= 0.3 is 0 Å². The van der Waals surface area contributed by atoms with E-state index in [1.807, 2.05) is 0 Å². The zero-order valence-electron chi connectivity index (χ0n) is 4.29. The van der Waals surface area contributed by atoms with E-state index in [1.54, 1.807) is 0 Å². The number of hydrogen-bond donors (Lipinski definition) is 1. The largest absolute Gasteiger partial charge is 0.277 e. The van der Waals surface area contributed by atoms with Gasteiger partial charge in [-0.15, -0.1) is 5.73 Å². The maximum atomic E-state index is 9.49. The van der Waals surface area contributed by atoms with Gasteiger partial charge in [0.1, 0.15) is 0 Å². The van der Waals surface area contributed by atoms with E-state index in [4.69, 9.17) is 0 Å². The van der Waals surface area contributed by atoms with E-state index in [0.29, 0.717) is 6.41 Å². The molecule has 42 valence electrons. The minimum Gasteiger partial charge on any atom is -0.277 e. The number of hydrogen-bond acceptors (Lipinski definition) is 2. The number of hydrazone groups is 1. The molecule has 0 spiro atoms. The van der Waals surface area contributed by atoms with Crippen LogP contribution in [0.5, 0.6) is 0 Å². The quantitative estimate of drug-likeness (QED) is 0.237. The van der Waals surface area contributed by atoms with Gasteiger partial charge in [0.25, 0.3) is 0 Å². The molecule has 0 aromatic heterocycles. The molecule has 8 heavy (non-hydrogen) atoms. The molecule has 3 heteroatoms. The Balaban J connectivity index is 3.33. The van der Waals surface area contributed by atoms with Gasteiger partial charge in [0.2, 0.25) is 6.41 Å². The van der Waals surface area contributed by atoms with Crippen molar-refractivity contribution in [2.45, 2.75) is 0 Å². The maximum absolute atomic E-state index is 9.49. The molecule has 1 amide bonds. The van der Waals surface area contributed by atoms with Crippen LogP contribution in [-0.2, 0) is 4.79 Å². The standard InChI is InChI=1S/C5H6N2O/c1-2-3-4-6-7-5-8/h3-5H,1H2,(H,7,8). The molecular weight excluding hydrogens is 104 g/mol. The highest BCUT2D eigenvalue weighted by molar-refractivity contribution is 5.71. The van der Waals surface area contributed by atoms with Gasteiger partial charge in [0, 0.05) is 0 Å². The monoisotopic (exact) mass is 110 g/mol. The first-order valence-corrected chi connectivity index (χ1v) is 1.98. The van der Waals surface area contributed by atoms with Crippen molar-refractivity contribution in [2.24, 2.45) is 5.10 Å².